The highest BCUT2D eigenvalue weighted by Gasteiger charge is 2.20. The molecule has 0 aromatic heterocycles. The third-order valence-electron chi connectivity index (χ3n) is 2.35. The summed E-state index contributed by atoms with van der Waals surface area (Å²) in [6, 6.07) is 3.73. The van der Waals surface area contributed by atoms with Gasteiger partial charge in [0.25, 0.3) is 0 Å². The number of hydrogen-bond donors (Lipinski definition) is 2. The molecule has 2 N–H and O–H groups in total. The van der Waals surface area contributed by atoms with Gasteiger partial charge in [-0.25, -0.2) is 4.79 Å². The van der Waals surface area contributed by atoms with Crippen molar-refractivity contribution < 1.29 is 19.4 Å². The average Bonchev–Trinajstić information content (AvgIpc) is 2.39. The summed E-state index contributed by atoms with van der Waals surface area (Å²) in [6.45, 7) is -0.528. The van der Waals surface area contributed by atoms with Gasteiger partial charge in [-0.2, -0.15) is 0 Å². The van der Waals surface area contributed by atoms with E-state index in [1.54, 1.807) is 18.2 Å². The number of amides is 1. The van der Waals surface area contributed by atoms with Crippen molar-refractivity contribution in [2.75, 3.05) is 13.7 Å². The second kappa shape index (κ2) is 7.33. The summed E-state index contributed by atoms with van der Waals surface area (Å²) in [6.07, 6.45) is 0.0182. The quantitative estimate of drug-likeness (QED) is 0.801. The van der Waals surface area contributed by atoms with Crippen molar-refractivity contribution in [1.29, 1.82) is 0 Å². The van der Waals surface area contributed by atoms with Crippen molar-refractivity contribution in [3.05, 3.63) is 33.8 Å². The molecule has 0 aliphatic heterocycles. The zero-order valence-corrected chi connectivity index (χ0v) is 11.7. The molecular weight excluding hydrogens is 293 g/mol. The van der Waals surface area contributed by atoms with Gasteiger partial charge in [0.15, 0.2) is 6.04 Å². The molecule has 1 rings (SSSR count). The lowest BCUT2D eigenvalue weighted by Crippen LogP contribution is -2.44. The van der Waals surface area contributed by atoms with Crippen LogP contribution in [-0.2, 0) is 20.7 Å². The summed E-state index contributed by atoms with van der Waals surface area (Å²) < 4.78 is 4.44. The Hall–Kier alpha value is -1.30. The van der Waals surface area contributed by atoms with E-state index >= 15 is 0 Å². The molecule has 1 aromatic rings. The summed E-state index contributed by atoms with van der Waals surface area (Å²) in [5.41, 5.74) is 0.647. The van der Waals surface area contributed by atoms with Crippen LogP contribution >= 0.6 is 23.2 Å². The molecule has 5 nitrogen and oxygen atoms in total. The Morgan fingerprint density at radius 3 is 2.58 bits per heavy atom. The molecule has 104 valence electrons. The van der Waals surface area contributed by atoms with Gasteiger partial charge in [0.1, 0.15) is 0 Å². The number of carbonyl (C=O) groups excluding carboxylic acids is 2. The fraction of sp³-hybridized carbons (Fsp3) is 0.333. The first-order chi connectivity index (χ1) is 8.97. The van der Waals surface area contributed by atoms with E-state index in [9.17, 15) is 9.59 Å². The van der Waals surface area contributed by atoms with Crippen LogP contribution in [0.15, 0.2) is 18.2 Å². The predicted molar refractivity (Wildman–Crippen MR) is 71.2 cm³/mol. The van der Waals surface area contributed by atoms with Crippen molar-refractivity contribution in [2.45, 2.75) is 12.5 Å². The van der Waals surface area contributed by atoms with E-state index in [1.807, 2.05) is 0 Å². The minimum absolute atomic E-state index is 0.0182. The summed E-state index contributed by atoms with van der Waals surface area (Å²) >= 11 is 11.6. The SMILES string of the molecule is COC(=O)[C@@H](CO)NC(=O)Cc1ccc(Cl)c(Cl)c1. The van der Waals surface area contributed by atoms with Crippen molar-refractivity contribution in [3.63, 3.8) is 0 Å². The largest absolute Gasteiger partial charge is 0.467 e. The lowest BCUT2D eigenvalue weighted by atomic mass is 10.1. The zero-order chi connectivity index (χ0) is 14.4. The Bertz CT molecular complexity index is 479. The third-order valence-corrected chi connectivity index (χ3v) is 3.09. The van der Waals surface area contributed by atoms with E-state index in [4.69, 9.17) is 28.3 Å². The van der Waals surface area contributed by atoms with Crippen molar-refractivity contribution in [3.8, 4) is 0 Å². The maximum Gasteiger partial charge on any atom is 0.330 e. The monoisotopic (exact) mass is 305 g/mol. The van der Waals surface area contributed by atoms with Crippen LogP contribution in [0, 0.1) is 0 Å². The highest BCUT2D eigenvalue weighted by atomic mass is 35.5. The molecule has 1 amide bonds. The minimum atomic E-state index is -1.07. The summed E-state index contributed by atoms with van der Waals surface area (Å²) in [5, 5.41) is 12.1. The Kier molecular flexibility index (Phi) is 6.08. The smallest absolute Gasteiger partial charge is 0.330 e. The fourth-order valence-corrected chi connectivity index (χ4v) is 1.72. The molecule has 1 atom stereocenters. The number of methoxy groups -OCH3 is 1. The molecule has 0 fully saturated rings. The van der Waals surface area contributed by atoms with Crippen LogP contribution in [0.1, 0.15) is 5.56 Å². The van der Waals surface area contributed by atoms with E-state index in [-0.39, 0.29) is 6.42 Å². The van der Waals surface area contributed by atoms with Crippen LogP contribution in [0.2, 0.25) is 10.0 Å². The van der Waals surface area contributed by atoms with Gasteiger partial charge < -0.3 is 15.2 Å². The highest BCUT2D eigenvalue weighted by Crippen LogP contribution is 2.22. The van der Waals surface area contributed by atoms with Crippen LogP contribution in [-0.4, -0.2) is 36.7 Å². The standard InChI is InChI=1S/C12H13Cl2NO4/c1-19-12(18)10(6-16)15-11(17)5-7-2-3-8(13)9(14)4-7/h2-4,10,16H,5-6H2,1H3,(H,15,17)/t10-/m1/s1. The third kappa shape index (κ3) is 4.70. The number of aliphatic hydroxyl groups is 1. The van der Waals surface area contributed by atoms with E-state index in [2.05, 4.69) is 10.1 Å². The number of ether oxygens (including phenoxy) is 1. The molecular formula is C12H13Cl2NO4. The van der Waals surface area contributed by atoms with Gasteiger partial charge in [-0.05, 0) is 17.7 Å². The van der Waals surface area contributed by atoms with Gasteiger partial charge in [-0.3, -0.25) is 4.79 Å². The van der Waals surface area contributed by atoms with Gasteiger partial charge in [0.05, 0.1) is 30.2 Å². The average molecular weight is 306 g/mol. The molecule has 0 radical (unpaired) electrons. The van der Waals surface area contributed by atoms with E-state index in [1.165, 1.54) is 7.11 Å². The number of carbonyl (C=O) groups is 2. The Balaban J connectivity index is 2.64. The van der Waals surface area contributed by atoms with Gasteiger partial charge in [-0.15, -0.1) is 0 Å². The lowest BCUT2D eigenvalue weighted by Gasteiger charge is -2.13. The number of rotatable bonds is 5. The fourth-order valence-electron chi connectivity index (χ4n) is 1.40. The van der Waals surface area contributed by atoms with E-state index < -0.39 is 24.5 Å². The van der Waals surface area contributed by atoms with Crippen LogP contribution < -0.4 is 5.32 Å². The normalized spacial score (nSPS) is 11.8. The first-order valence-corrected chi connectivity index (χ1v) is 6.15. The number of esters is 1. The second-order valence-electron chi connectivity index (χ2n) is 3.75. The van der Waals surface area contributed by atoms with Crippen molar-refractivity contribution in [2.24, 2.45) is 0 Å². The zero-order valence-electron chi connectivity index (χ0n) is 10.2. The molecule has 7 heteroatoms. The molecule has 1 aromatic carbocycles. The number of hydrogen-bond acceptors (Lipinski definition) is 4. The number of benzene rings is 1. The summed E-state index contributed by atoms with van der Waals surface area (Å²) in [5.74, 6) is -1.13. The highest BCUT2D eigenvalue weighted by molar-refractivity contribution is 6.42. The maximum atomic E-state index is 11.7. The van der Waals surface area contributed by atoms with Crippen LogP contribution in [0.3, 0.4) is 0 Å². The molecule has 0 saturated carbocycles. The Morgan fingerprint density at radius 2 is 2.05 bits per heavy atom. The molecule has 0 saturated heterocycles. The molecule has 0 spiro atoms. The summed E-state index contributed by atoms with van der Waals surface area (Å²) in [7, 11) is 1.18. The van der Waals surface area contributed by atoms with Gasteiger partial charge in [0.2, 0.25) is 5.91 Å². The first kappa shape index (κ1) is 15.8. The molecule has 0 heterocycles. The Labute approximate surface area is 120 Å². The topological polar surface area (TPSA) is 75.6 Å². The number of halogens is 2. The summed E-state index contributed by atoms with van der Waals surface area (Å²) in [4.78, 5) is 22.9. The van der Waals surface area contributed by atoms with Gasteiger partial charge in [0, 0.05) is 0 Å². The van der Waals surface area contributed by atoms with Crippen molar-refractivity contribution >= 4 is 35.1 Å². The van der Waals surface area contributed by atoms with Crippen LogP contribution in [0.5, 0.6) is 0 Å². The second-order valence-corrected chi connectivity index (χ2v) is 4.57. The molecule has 0 aliphatic carbocycles. The van der Waals surface area contributed by atoms with Crippen molar-refractivity contribution in [1.82, 2.24) is 5.32 Å². The minimum Gasteiger partial charge on any atom is -0.467 e. The van der Waals surface area contributed by atoms with Crippen LogP contribution in [0.25, 0.3) is 0 Å². The van der Waals surface area contributed by atoms with E-state index in [0.29, 0.717) is 15.6 Å². The Morgan fingerprint density at radius 1 is 1.37 bits per heavy atom. The van der Waals surface area contributed by atoms with Gasteiger partial charge in [-0.1, -0.05) is 29.3 Å². The first-order valence-electron chi connectivity index (χ1n) is 5.40. The molecule has 0 aliphatic rings. The molecule has 0 bridgehead atoms. The maximum absolute atomic E-state index is 11.7. The molecule has 0 unspecified atom stereocenters. The number of nitrogens with one attached hydrogen (secondary N) is 1. The van der Waals surface area contributed by atoms with E-state index in [0.717, 1.165) is 0 Å². The predicted octanol–water partition coefficient (Wildman–Crippen LogP) is 1.19. The van der Waals surface area contributed by atoms with Crippen LogP contribution in [0.4, 0.5) is 0 Å². The number of aliphatic hydroxyl groups excluding tert-OH is 1. The van der Waals surface area contributed by atoms with Gasteiger partial charge >= 0.3 is 5.97 Å². The molecule has 19 heavy (non-hydrogen) atoms. The lowest BCUT2D eigenvalue weighted by molar-refractivity contribution is -0.146.